The third-order valence-electron chi connectivity index (χ3n) is 8.39. The van der Waals surface area contributed by atoms with Gasteiger partial charge in [0.15, 0.2) is 0 Å². The van der Waals surface area contributed by atoms with Crippen LogP contribution in [0.1, 0.15) is 73.1 Å². The van der Waals surface area contributed by atoms with Crippen LogP contribution in [0.3, 0.4) is 0 Å². The number of anilines is 1. The number of nitrogens with zero attached hydrogens (tertiary/aromatic N) is 1. The van der Waals surface area contributed by atoms with Crippen molar-refractivity contribution >= 4 is 54.9 Å². The summed E-state index contributed by atoms with van der Waals surface area (Å²) in [6.07, 6.45) is 0.525. The summed E-state index contributed by atoms with van der Waals surface area (Å²) in [5.74, 6) is -3.17. The number of carboxylic acids is 1. The zero-order valence-electron chi connectivity index (χ0n) is 31.6. The summed E-state index contributed by atoms with van der Waals surface area (Å²) in [6, 6.07) is 7.64. The van der Waals surface area contributed by atoms with Crippen molar-refractivity contribution in [3.8, 4) is 5.75 Å². The van der Waals surface area contributed by atoms with Crippen LogP contribution in [0.4, 0.5) is 14.9 Å². The Morgan fingerprint density at radius 2 is 1.69 bits per heavy atom. The molecule has 1 aliphatic heterocycles. The second-order valence-electron chi connectivity index (χ2n) is 13.1. The van der Waals surface area contributed by atoms with Gasteiger partial charge >= 0.3 is 25.7 Å². The van der Waals surface area contributed by atoms with Crippen LogP contribution in [0.15, 0.2) is 42.5 Å². The van der Waals surface area contributed by atoms with E-state index in [0.717, 1.165) is 0 Å². The Morgan fingerprint density at radius 3 is 2.33 bits per heavy atom. The summed E-state index contributed by atoms with van der Waals surface area (Å²) in [4.78, 5) is 67.0. The molecule has 1 aliphatic rings. The lowest BCUT2D eigenvalue weighted by Crippen LogP contribution is -2.43. The van der Waals surface area contributed by atoms with Gasteiger partial charge in [0.2, 0.25) is 0 Å². The molecule has 0 fully saturated rings. The van der Waals surface area contributed by atoms with E-state index < -0.39 is 49.7 Å². The number of ether oxygens (including phenoxy) is 2. The number of carboxylic acid groups (broad SMARTS) is 1. The first-order valence-electron chi connectivity index (χ1n) is 17.5. The summed E-state index contributed by atoms with van der Waals surface area (Å²) in [5, 5.41) is 19.8. The van der Waals surface area contributed by atoms with Crippen LogP contribution in [0, 0.1) is 19.7 Å². The van der Waals surface area contributed by atoms with Crippen molar-refractivity contribution in [1.82, 2.24) is 25.4 Å². The van der Waals surface area contributed by atoms with Crippen molar-refractivity contribution in [2.75, 3.05) is 25.0 Å². The molecule has 3 unspecified atom stereocenters. The summed E-state index contributed by atoms with van der Waals surface area (Å²) in [5.41, 5.74) is 3.81. The lowest BCUT2D eigenvalue weighted by Gasteiger charge is -2.26. The Bertz CT molecular complexity index is 2010. The fraction of sp³-hybridized carbons (Fsp3) is 0.378. The summed E-state index contributed by atoms with van der Waals surface area (Å²) < 4.78 is 43.8. The molecular formula is C37H46FN6O10P. The van der Waals surface area contributed by atoms with Crippen LogP contribution >= 0.6 is 7.67 Å². The zero-order valence-corrected chi connectivity index (χ0v) is 32.5. The molecule has 296 valence electrons. The molecular weight excluding hydrogens is 738 g/mol. The maximum atomic E-state index is 13.9. The van der Waals surface area contributed by atoms with E-state index in [2.05, 4.69) is 25.8 Å². The van der Waals surface area contributed by atoms with E-state index >= 15 is 0 Å². The third kappa shape index (κ3) is 11.0. The second-order valence-corrected chi connectivity index (χ2v) is 14.9. The first-order valence-corrected chi connectivity index (χ1v) is 19.1. The van der Waals surface area contributed by atoms with E-state index in [4.69, 9.17) is 14.0 Å². The molecule has 1 aromatic heterocycles. The Labute approximate surface area is 317 Å². The largest absolute Gasteiger partial charge is 0.480 e. The fourth-order valence-corrected chi connectivity index (χ4v) is 7.39. The van der Waals surface area contributed by atoms with Crippen LogP contribution < -0.4 is 25.3 Å². The number of carbonyl (C=O) groups is 5. The van der Waals surface area contributed by atoms with Crippen LogP contribution in [-0.4, -0.2) is 82.7 Å². The Kier molecular flexibility index (Phi) is 14.0. The molecule has 3 amide bonds. The number of hydrogen-bond acceptors (Lipinski definition) is 9. The summed E-state index contributed by atoms with van der Waals surface area (Å²) in [7, 11) is -4.17. The van der Waals surface area contributed by atoms with Crippen molar-refractivity contribution < 1.29 is 52.0 Å². The van der Waals surface area contributed by atoms with E-state index in [9.17, 15) is 38.0 Å². The quantitative estimate of drug-likeness (QED) is 0.0597. The van der Waals surface area contributed by atoms with Crippen molar-refractivity contribution in [3.63, 3.8) is 0 Å². The molecule has 0 saturated carbocycles. The number of hydrogen-bond donors (Lipinski definition) is 6. The SMILES string of the molecule is CCN(CCNC(=O)c1c(C)[nH]c(/C=C2\C(=O)Nc3ccc(F)cc32)c1C)C(=O)OCc1ccc(OP(=O)(NC(C)C(=O)O)NC(C)C(=O)OC(C)C)cc1. The van der Waals surface area contributed by atoms with Crippen LogP contribution in [0.2, 0.25) is 0 Å². The molecule has 4 rings (SSSR count). The van der Waals surface area contributed by atoms with Gasteiger partial charge in [0, 0.05) is 42.3 Å². The fourth-order valence-electron chi connectivity index (χ4n) is 5.55. The number of benzene rings is 2. The molecule has 3 aromatic rings. The zero-order chi connectivity index (χ0) is 40.6. The van der Waals surface area contributed by atoms with Crippen LogP contribution in [0.25, 0.3) is 11.6 Å². The Morgan fingerprint density at radius 1 is 1.02 bits per heavy atom. The number of likely N-dealkylation sites (N-methyl/N-ethyl adjacent to an activating group) is 1. The molecule has 18 heteroatoms. The van der Waals surface area contributed by atoms with Crippen LogP contribution in [0.5, 0.6) is 5.75 Å². The van der Waals surface area contributed by atoms with E-state index in [1.165, 1.54) is 49.1 Å². The monoisotopic (exact) mass is 784 g/mol. The highest BCUT2D eigenvalue weighted by Gasteiger charge is 2.34. The van der Waals surface area contributed by atoms with E-state index in [1.807, 2.05) is 0 Å². The first kappa shape index (κ1) is 42.2. The maximum absolute atomic E-state index is 13.9. The van der Waals surface area contributed by atoms with Gasteiger partial charge in [0.05, 0.1) is 17.2 Å². The van der Waals surface area contributed by atoms with Gasteiger partial charge < -0.3 is 39.6 Å². The number of H-pyrrole nitrogens is 1. The van der Waals surface area contributed by atoms with Gasteiger partial charge in [-0.1, -0.05) is 12.1 Å². The van der Waals surface area contributed by atoms with Crippen molar-refractivity contribution in [2.24, 2.45) is 0 Å². The van der Waals surface area contributed by atoms with Crippen molar-refractivity contribution in [2.45, 2.75) is 73.3 Å². The molecule has 3 atom stereocenters. The number of amides is 3. The lowest BCUT2D eigenvalue weighted by molar-refractivity contribution is -0.149. The van der Waals surface area contributed by atoms with Gasteiger partial charge in [-0.2, -0.15) is 0 Å². The number of halogens is 1. The number of esters is 1. The van der Waals surface area contributed by atoms with Gasteiger partial charge in [-0.15, -0.1) is 0 Å². The summed E-state index contributed by atoms with van der Waals surface area (Å²) in [6.45, 7) is 11.6. The minimum absolute atomic E-state index is 0.0766. The highest BCUT2D eigenvalue weighted by atomic mass is 31.2. The average Bonchev–Trinajstić information content (AvgIpc) is 3.57. The van der Waals surface area contributed by atoms with Crippen LogP contribution in [-0.2, 0) is 35.0 Å². The highest BCUT2D eigenvalue weighted by Crippen LogP contribution is 2.40. The number of aromatic nitrogens is 1. The number of aliphatic carboxylic acids is 1. The normalized spacial score (nSPS) is 15.1. The molecule has 0 saturated heterocycles. The second kappa shape index (κ2) is 18.2. The van der Waals surface area contributed by atoms with Crippen molar-refractivity contribution in [1.29, 1.82) is 0 Å². The highest BCUT2D eigenvalue weighted by molar-refractivity contribution is 7.55. The molecule has 55 heavy (non-hydrogen) atoms. The molecule has 2 aromatic carbocycles. The van der Waals surface area contributed by atoms with Gasteiger partial charge in [-0.25, -0.2) is 23.9 Å². The van der Waals surface area contributed by atoms with E-state index in [0.29, 0.717) is 45.9 Å². The third-order valence-corrected chi connectivity index (χ3v) is 10.3. The predicted octanol–water partition coefficient (Wildman–Crippen LogP) is 5.13. The molecule has 0 radical (unpaired) electrons. The molecule has 0 bridgehead atoms. The Balaban J connectivity index is 1.32. The number of fused-ring (bicyclic) bond motifs is 1. The number of nitrogens with one attached hydrogen (secondary N) is 5. The van der Waals surface area contributed by atoms with Crippen molar-refractivity contribution in [3.05, 3.63) is 81.9 Å². The Hall–Kier alpha value is -5.51. The van der Waals surface area contributed by atoms with Gasteiger partial charge in [-0.3, -0.25) is 19.2 Å². The lowest BCUT2D eigenvalue weighted by atomic mass is 10.0. The van der Waals surface area contributed by atoms with E-state index in [-0.39, 0.29) is 42.8 Å². The molecule has 0 spiro atoms. The minimum Gasteiger partial charge on any atom is -0.480 e. The topological polar surface area (TPSA) is 217 Å². The summed E-state index contributed by atoms with van der Waals surface area (Å²) >= 11 is 0. The van der Waals surface area contributed by atoms with Gasteiger partial charge in [0.25, 0.3) is 11.8 Å². The minimum atomic E-state index is -4.17. The van der Waals surface area contributed by atoms with Gasteiger partial charge in [-0.05, 0) is 96.0 Å². The number of carbonyl (C=O) groups excluding carboxylic acids is 4. The first-order chi connectivity index (χ1) is 25.9. The number of rotatable bonds is 17. The van der Waals surface area contributed by atoms with E-state index in [1.54, 1.807) is 52.8 Å². The standard InChI is InChI=1S/C37H46FN6O10P/c1-8-44(16-15-39-34(46)32-21(4)31(40-22(32)5)18-29-28-17-26(38)11-14-30(28)41-33(29)45)37(50)52-19-25-9-12-27(13-10-25)54-55(51,42-23(6)35(47)48)43-24(7)36(49)53-20(2)3/h9-14,17-18,20,23-24,40H,8,15-16,19H2,1-7H3,(H,39,46)(H,41,45)(H,47,48)(H2,42,43,51)/b29-18-. The number of aromatic amines is 1. The number of aryl methyl sites for hydroxylation is 1. The molecule has 0 aliphatic carbocycles. The molecule has 2 heterocycles. The predicted molar refractivity (Wildman–Crippen MR) is 202 cm³/mol. The molecule has 6 N–H and O–H groups in total. The maximum Gasteiger partial charge on any atom is 0.410 e. The smallest absolute Gasteiger partial charge is 0.410 e. The van der Waals surface area contributed by atoms with Gasteiger partial charge in [0.1, 0.15) is 30.3 Å². The average molecular weight is 785 g/mol. The molecule has 16 nitrogen and oxygen atoms in total.